The molecule has 0 aliphatic carbocycles. The molecule has 1 aromatic rings. The van der Waals surface area contributed by atoms with Crippen molar-refractivity contribution in [2.24, 2.45) is 0 Å². The summed E-state index contributed by atoms with van der Waals surface area (Å²) in [7, 11) is 1.62. The van der Waals surface area contributed by atoms with E-state index in [2.05, 4.69) is 17.4 Å². The lowest BCUT2D eigenvalue weighted by atomic mass is 11.0. The topological polar surface area (TPSA) is 27.1 Å². The van der Waals surface area contributed by atoms with E-state index < -0.39 is 0 Å². The molecule has 0 amide bonds. The molecule has 0 fully saturated rings. The summed E-state index contributed by atoms with van der Waals surface area (Å²) in [5.41, 5.74) is 0. The smallest absolute Gasteiger partial charge is 0.131 e. The Kier molecular flexibility index (Phi) is 1.50. The molecular weight excluding hydrogens is 104 g/mol. The van der Waals surface area contributed by atoms with Crippen molar-refractivity contribution < 1.29 is 4.74 Å². The van der Waals surface area contributed by atoms with E-state index in [-0.39, 0.29) is 0 Å². The van der Waals surface area contributed by atoms with Crippen LogP contribution in [-0.4, -0.2) is 16.7 Å². The monoisotopic (exact) mass is 110 g/mol. The van der Waals surface area contributed by atoms with Crippen LogP contribution in [0.3, 0.4) is 0 Å². The first-order valence-corrected chi connectivity index (χ1v) is 2.23. The molecule has 0 radical (unpaired) electrons. The molecule has 1 aromatic heterocycles. The van der Waals surface area contributed by atoms with Crippen LogP contribution in [0.2, 0.25) is 0 Å². The predicted octanol–water partition coefficient (Wildman–Crippen LogP) is 0.0874. The second-order valence-corrected chi connectivity index (χ2v) is 1.36. The summed E-state index contributed by atoms with van der Waals surface area (Å²) in [5.74, 6) is 0. The molecule has 0 bridgehead atoms. The molecule has 0 unspecified atom stereocenters. The minimum absolute atomic E-state index is 0.497. The number of aromatic nitrogens is 2. The van der Waals surface area contributed by atoms with E-state index in [1.807, 2.05) is 0 Å². The second-order valence-electron chi connectivity index (χ2n) is 1.36. The Morgan fingerprint density at radius 2 is 2.75 bits per heavy atom. The average Bonchev–Trinajstić information content (AvgIpc) is 2.19. The Balaban J connectivity index is 2.50. The van der Waals surface area contributed by atoms with Crippen LogP contribution in [0, 0.1) is 12.4 Å². The first-order chi connectivity index (χ1) is 3.93. The Morgan fingerprint density at radius 3 is 3.25 bits per heavy atom. The number of hydrogen-bond acceptors (Lipinski definition) is 2. The van der Waals surface area contributed by atoms with Gasteiger partial charge in [-0.15, -0.1) is 0 Å². The van der Waals surface area contributed by atoms with Crippen molar-refractivity contribution in [1.29, 1.82) is 0 Å². The number of rotatable bonds is 2. The standard InChI is InChI=1S/C5H6N2O/c1-8-5-7-3-2-6-4-7/h4H,5H2,1H3. The molecule has 0 aliphatic rings. The normalized spacial score (nSPS) is 8.62. The molecule has 8 heavy (non-hydrogen) atoms. The van der Waals surface area contributed by atoms with E-state index in [0.29, 0.717) is 6.73 Å². The Bertz CT molecular complexity index is 136. The van der Waals surface area contributed by atoms with Crippen LogP contribution in [0.25, 0.3) is 0 Å². The Labute approximate surface area is 47.9 Å². The number of hydrogen-bond donors (Lipinski definition) is 0. The van der Waals surface area contributed by atoms with Crippen LogP contribution in [0.1, 0.15) is 0 Å². The van der Waals surface area contributed by atoms with E-state index in [0.717, 1.165) is 0 Å². The van der Waals surface area contributed by atoms with Crippen molar-refractivity contribution in [3.05, 3.63) is 18.7 Å². The maximum atomic E-state index is 4.76. The molecule has 42 valence electrons. The highest BCUT2D eigenvalue weighted by Gasteiger charge is 1.79. The zero-order valence-corrected chi connectivity index (χ0v) is 4.59. The molecule has 3 heteroatoms. The first-order valence-electron chi connectivity index (χ1n) is 2.23. The first kappa shape index (κ1) is 5.13. The summed E-state index contributed by atoms with van der Waals surface area (Å²) in [6.07, 6.45) is 6.82. The molecule has 0 aliphatic heterocycles. The SMILES string of the molecule is COCn1c#cnc1. The molecular formula is C5H6N2O. The summed E-state index contributed by atoms with van der Waals surface area (Å²) in [6, 6.07) is 0. The number of nitrogens with zero attached hydrogens (tertiary/aromatic N) is 2. The van der Waals surface area contributed by atoms with E-state index in [1.165, 1.54) is 0 Å². The zero-order valence-electron chi connectivity index (χ0n) is 4.59. The van der Waals surface area contributed by atoms with Crippen molar-refractivity contribution in [2.45, 2.75) is 6.73 Å². The van der Waals surface area contributed by atoms with Gasteiger partial charge in [0.05, 0.1) is 6.20 Å². The van der Waals surface area contributed by atoms with Crippen LogP contribution in [-0.2, 0) is 11.5 Å². The van der Waals surface area contributed by atoms with Gasteiger partial charge in [-0.1, -0.05) is 0 Å². The third-order valence-corrected chi connectivity index (χ3v) is 0.723. The van der Waals surface area contributed by atoms with Crippen molar-refractivity contribution in [3.8, 4) is 0 Å². The highest BCUT2D eigenvalue weighted by Crippen LogP contribution is 1.76. The van der Waals surface area contributed by atoms with Gasteiger partial charge in [0.2, 0.25) is 0 Å². The van der Waals surface area contributed by atoms with Crippen LogP contribution in [0.15, 0.2) is 6.33 Å². The van der Waals surface area contributed by atoms with Gasteiger partial charge in [-0.05, 0) is 0 Å². The minimum Gasteiger partial charge on any atom is -0.363 e. The van der Waals surface area contributed by atoms with Crippen molar-refractivity contribution >= 4 is 0 Å². The Hall–Kier alpha value is -1.01. The van der Waals surface area contributed by atoms with Crippen LogP contribution >= 0.6 is 0 Å². The van der Waals surface area contributed by atoms with Gasteiger partial charge in [0.1, 0.15) is 13.1 Å². The lowest BCUT2D eigenvalue weighted by molar-refractivity contribution is 0.131. The van der Waals surface area contributed by atoms with Gasteiger partial charge in [-0.3, -0.25) is 4.57 Å². The lowest BCUT2D eigenvalue weighted by Crippen LogP contribution is -1.94. The highest BCUT2D eigenvalue weighted by molar-refractivity contribution is 4.56. The van der Waals surface area contributed by atoms with E-state index in [4.69, 9.17) is 4.74 Å². The van der Waals surface area contributed by atoms with Gasteiger partial charge in [0.15, 0.2) is 0 Å². The van der Waals surface area contributed by atoms with E-state index >= 15 is 0 Å². The fourth-order valence-corrected chi connectivity index (χ4v) is 0.425. The predicted molar refractivity (Wildman–Crippen MR) is 26.9 cm³/mol. The van der Waals surface area contributed by atoms with Gasteiger partial charge in [0, 0.05) is 13.3 Å². The third-order valence-electron chi connectivity index (χ3n) is 0.723. The summed E-state index contributed by atoms with van der Waals surface area (Å²) in [4.78, 5) is 3.64. The summed E-state index contributed by atoms with van der Waals surface area (Å²) in [6.45, 7) is 0.497. The summed E-state index contributed by atoms with van der Waals surface area (Å²) >= 11 is 0. The molecule has 0 saturated carbocycles. The van der Waals surface area contributed by atoms with Crippen LogP contribution in [0.5, 0.6) is 0 Å². The van der Waals surface area contributed by atoms with Crippen molar-refractivity contribution in [1.82, 2.24) is 9.55 Å². The van der Waals surface area contributed by atoms with Crippen molar-refractivity contribution in [3.63, 3.8) is 0 Å². The minimum atomic E-state index is 0.497. The molecule has 0 saturated heterocycles. The van der Waals surface area contributed by atoms with Crippen LogP contribution < -0.4 is 0 Å². The van der Waals surface area contributed by atoms with E-state index in [9.17, 15) is 0 Å². The molecule has 1 rings (SSSR count). The molecule has 0 spiro atoms. The summed E-state index contributed by atoms with van der Waals surface area (Å²) < 4.78 is 6.42. The van der Waals surface area contributed by atoms with Gasteiger partial charge >= 0.3 is 0 Å². The van der Waals surface area contributed by atoms with Crippen LogP contribution in [0.4, 0.5) is 0 Å². The molecule has 3 nitrogen and oxygen atoms in total. The Morgan fingerprint density at radius 1 is 1.88 bits per heavy atom. The lowest BCUT2D eigenvalue weighted by Gasteiger charge is -1.92. The average molecular weight is 110 g/mol. The highest BCUT2D eigenvalue weighted by atomic mass is 16.5. The largest absolute Gasteiger partial charge is 0.363 e. The van der Waals surface area contributed by atoms with Crippen molar-refractivity contribution in [2.75, 3.05) is 7.11 Å². The maximum Gasteiger partial charge on any atom is 0.131 e. The zero-order chi connectivity index (χ0) is 5.82. The number of ether oxygens (including phenoxy) is 1. The summed E-state index contributed by atoms with van der Waals surface area (Å²) in [5, 5.41) is 0. The van der Waals surface area contributed by atoms with E-state index in [1.54, 1.807) is 18.0 Å². The molecule has 1 heterocycles. The molecule has 0 atom stereocenters. The quantitative estimate of drug-likeness (QED) is 0.539. The van der Waals surface area contributed by atoms with Gasteiger partial charge in [0.25, 0.3) is 0 Å². The maximum absolute atomic E-state index is 4.76. The fraction of sp³-hybridized carbons (Fsp3) is 0.400. The third kappa shape index (κ3) is 0.983. The van der Waals surface area contributed by atoms with Gasteiger partial charge < -0.3 is 4.74 Å². The molecule has 0 aromatic carbocycles. The van der Waals surface area contributed by atoms with Gasteiger partial charge in [-0.2, -0.15) is 4.98 Å². The van der Waals surface area contributed by atoms with Gasteiger partial charge in [-0.25, -0.2) is 0 Å². The fourth-order valence-electron chi connectivity index (χ4n) is 0.425. The molecule has 0 N–H and O–H groups in total. The number of methoxy groups -OCH3 is 1. The second kappa shape index (κ2) is 2.34.